The number of carbonyl (C=O) groups excluding carboxylic acids is 1. The summed E-state index contributed by atoms with van der Waals surface area (Å²) in [6.45, 7) is 5.69. The van der Waals surface area contributed by atoms with Gasteiger partial charge in [0.2, 0.25) is 0 Å². The maximum absolute atomic E-state index is 14.3. The highest BCUT2D eigenvalue weighted by Gasteiger charge is 2.23. The number of hydrogen-bond donors (Lipinski definition) is 0. The third-order valence-corrected chi connectivity index (χ3v) is 3.61. The zero-order valence-corrected chi connectivity index (χ0v) is 15.7. The fourth-order valence-corrected chi connectivity index (χ4v) is 2.31. The highest BCUT2D eigenvalue weighted by Crippen LogP contribution is 2.35. The minimum absolute atomic E-state index is 0.0319. The number of hydrogen-bond acceptors (Lipinski definition) is 5. The largest absolute Gasteiger partial charge is 0.458 e. The van der Waals surface area contributed by atoms with Crippen molar-refractivity contribution in [2.45, 2.75) is 32.8 Å². The Bertz CT molecular complexity index is 826. The second kappa shape index (κ2) is 8.67. The van der Waals surface area contributed by atoms with E-state index in [0.29, 0.717) is 0 Å². The number of alkyl halides is 2. The maximum atomic E-state index is 14.3. The number of nitrogens with zero attached hydrogens (tertiary/aromatic N) is 2. The molecule has 1 aromatic carbocycles. The summed E-state index contributed by atoms with van der Waals surface area (Å²) in [5.41, 5.74) is -1.98. The van der Waals surface area contributed by atoms with Crippen molar-refractivity contribution in [2.75, 3.05) is 13.2 Å². The standard InChI is InChI=1S/C18H18ClF3N2O3/c1-18(2,3)27-7-6-26-17(25)13-9-23-8-12(24-13)14-10(16(21)22)4-5-11(19)15(14)20/h4-5,8-9,16H,6-7H2,1-3H3. The smallest absolute Gasteiger partial charge is 0.358 e. The molecular weight excluding hydrogens is 385 g/mol. The molecule has 0 N–H and O–H groups in total. The lowest BCUT2D eigenvalue weighted by molar-refractivity contribution is -0.0283. The highest BCUT2D eigenvalue weighted by molar-refractivity contribution is 6.31. The number of halogens is 4. The normalized spacial score (nSPS) is 11.7. The predicted molar refractivity (Wildman–Crippen MR) is 93.4 cm³/mol. The lowest BCUT2D eigenvalue weighted by Gasteiger charge is -2.19. The minimum atomic E-state index is -2.96. The van der Waals surface area contributed by atoms with Crippen molar-refractivity contribution in [1.82, 2.24) is 9.97 Å². The molecule has 0 fully saturated rings. The van der Waals surface area contributed by atoms with Gasteiger partial charge in [-0.2, -0.15) is 0 Å². The quantitative estimate of drug-likeness (QED) is 0.510. The Hall–Kier alpha value is -2.19. The molecule has 146 valence electrons. The summed E-state index contributed by atoms with van der Waals surface area (Å²) in [6, 6.07) is 2.03. The zero-order valence-electron chi connectivity index (χ0n) is 14.9. The summed E-state index contributed by atoms with van der Waals surface area (Å²) >= 11 is 5.69. The third kappa shape index (κ3) is 5.64. The van der Waals surface area contributed by atoms with Gasteiger partial charge >= 0.3 is 5.97 Å². The molecule has 0 unspecified atom stereocenters. The first-order valence-corrected chi connectivity index (χ1v) is 8.37. The summed E-state index contributed by atoms with van der Waals surface area (Å²) in [7, 11) is 0. The molecule has 0 bridgehead atoms. The second-order valence-electron chi connectivity index (χ2n) is 6.51. The van der Waals surface area contributed by atoms with E-state index in [0.717, 1.165) is 24.5 Å². The van der Waals surface area contributed by atoms with Gasteiger partial charge in [0.05, 0.1) is 35.3 Å². The summed E-state index contributed by atoms with van der Waals surface area (Å²) in [5, 5.41) is -0.344. The Morgan fingerprint density at radius 2 is 1.93 bits per heavy atom. The van der Waals surface area contributed by atoms with E-state index >= 15 is 0 Å². The van der Waals surface area contributed by atoms with E-state index in [-0.39, 0.29) is 35.2 Å². The van der Waals surface area contributed by atoms with Crippen LogP contribution in [0.5, 0.6) is 0 Å². The molecule has 0 atom stereocenters. The van der Waals surface area contributed by atoms with E-state index in [9.17, 15) is 18.0 Å². The molecule has 0 aliphatic carbocycles. The summed E-state index contributed by atoms with van der Waals surface area (Å²) < 4.78 is 51.2. The Balaban J connectivity index is 2.23. The highest BCUT2D eigenvalue weighted by atomic mass is 35.5. The molecule has 1 aromatic heterocycles. The summed E-state index contributed by atoms with van der Waals surface area (Å²) in [5.74, 6) is -1.89. The van der Waals surface area contributed by atoms with Crippen molar-refractivity contribution < 1.29 is 27.4 Å². The monoisotopic (exact) mass is 402 g/mol. The Morgan fingerprint density at radius 3 is 2.56 bits per heavy atom. The maximum Gasteiger partial charge on any atom is 0.358 e. The SMILES string of the molecule is CC(C)(C)OCCOC(=O)c1cncc(-c2c(C(F)F)ccc(Cl)c2F)n1. The molecule has 0 amide bonds. The third-order valence-electron chi connectivity index (χ3n) is 3.31. The fourth-order valence-electron chi connectivity index (χ4n) is 2.15. The lowest BCUT2D eigenvalue weighted by atomic mass is 10.0. The van der Waals surface area contributed by atoms with Gasteiger partial charge in [0.1, 0.15) is 6.61 Å². The van der Waals surface area contributed by atoms with Crippen LogP contribution < -0.4 is 0 Å². The van der Waals surface area contributed by atoms with E-state index in [1.54, 1.807) is 0 Å². The van der Waals surface area contributed by atoms with Gasteiger partial charge in [-0.25, -0.2) is 22.9 Å². The molecule has 2 aromatic rings. The van der Waals surface area contributed by atoms with Crippen molar-refractivity contribution >= 4 is 17.6 Å². The van der Waals surface area contributed by atoms with Crippen LogP contribution in [-0.4, -0.2) is 34.8 Å². The minimum Gasteiger partial charge on any atom is -0.458 e. The first-order valence-electron chi connectivity index (χ1n) is 7.99. The molecule has 2 rings (SSSR count). The van der Waals surface area contributed by atoms with E-state index in [1.807, 2.05) is 20.8 Å². The van der Waals surface area contributed by atoms with Gasteiger partial charge in [-0.3, -0.25) is 4.98 Å². The van der Waals surface area contributed by atoms with Crippen LogP contribution in [0.2, 0.25) is 5.02 Å². The van der Waals surface area contributed by atoms with Gasteiger partial charge in [0.15, 0.2) is 11.5 Å². The van der Waals surface area contributed by atoms with Crippen molar-refractivity contribution in [3.05, 3.63) is 46.6 Å². The van der Waals surface area contributed by atoms with Crippen LogP contribution in [0, 0.1) is 5.82 Å². The molecule has 1 heterocycles. The topological polar surface area (TPSA) is 61.3 Å². The van der Waals surface area contributed by atoms with E-state index < -0.39 is 29.3 Å². The molecule has 27 heavy (non-hydrogen) atoms. The number of benzene rings is 1. The van der Waals surface area contributed by atoms with E-state index in [1.165, 1.54) is 0 Å². The van der Waals surface area contributed by atoms with Crippen LogP contribution in [0.1, 0.15) is 43.2 Å². The van der Waals surface area contributed by atoms with E-state index in [4.69, 9.17) is 21.1 Å². The average Bonchev–Trinajstić information content (AvgIpc) is 2.59. The Labute approximate surface area is 159 Å². The molecule has 0 aliphatic rings. The van der Waals surface area contributed by atoms with Gasteiger partial charge in [0, 0.05) is 11.1 Å². The molecule has 0 spiro atoms. The Morgan fingerprint density at radius 1 is 1.22 bits per heavy atom. The van der Waals surface area contributed by atoms with Gasteiger partial charge in [-0.15, -0.1) is 0 Å². The van der Waals surface area contributed by atoms with Crippen LogP contribution in [0.4, 0.5) is 13.2 Å². The number of aromatic nitrogens is 2. The molecule has 9 heteroatoms. The molecule has 0 aliphatic heterocycles. The van der Waals surface area contributed by atoms with Crippen molar-refractivity contribution in [2.24, 2.45) is 0 Å². The number of ether oxygens (including phenoxy) is 2. The van der Waals surface area contributed by atoms with E-state index in [2.05, 4.69) is 9.97 Å². The molecule has 5 nitrogen and oxygen atoms in total. The van der Waals surface area contributed by atoms with Crippen LogP contribution in [0.25, 0.3) is 11.3 Å². The molecule has 0 saturated carbocycles. The van der Waals surface area contributed by atoms with Gasteiger partial charge < -0.3 is 9.47 Å². The predicted octanol–water partition coefficient (Wildman–Crippen LogP) is 4.85. The summed E-state index contributed by atoms with van der Waals surface area (Å²) in [4.78, 5) is 19.8. The van der Waals surface area contributed by atoms with Crippen LogP contribution in [0.3, 0.4) is 0 Å². The fraction of sp³-hybridized carbons (Fsp3) is 0.389. The van der Waals surface area contributed by atoms with Crippen LogP contribution in [-0.2, 0) is 9.47 Å². The van der Waals surface area contributed by atoms with Crippen LogP contribution in [0.15, 0.2) is 24.5 Å². The molecular formula is C18H18ClF3N2O3. The number of esters is 1. The van der Waals surface area contributed by atoms with Crippen molar-refractivity contribution in [1.29, 1.82) is 0 Å². The summed E-state index contributed by atoms with van der Waals surface area (Å²) in [6.07, 6.45) is -0.792. The zero-order chi connectivity index (χ0) is 20.2. The van der Waals surface area contributed by atoms with Gasteiger partial charge in [-0.1, -0.05) is 17.7 Å². The lowest BCUT2D eigenvalue weighted by Crippen LogP contribution is -2.23. The Kier molecular flexibility index (Phi) is 6.78. The van der Waals surface area contributed by atoms with Gasteiger partial charge in [0.25, 0.3) is 6.43 Å². The van der Waals surface area contributed by atoms with Crippen LogP contribution >= 0.6 is 11.6 Å². The second-order valence-corrected chi connectivity index (χ2v) is 6.92. The average molecular weight is 403 g/mol. The van der Waals surface area contributed by atoms with Gasteiger partial charge in [-0.05, 0) is 26.8 Å². The molecule has 0 radical (unpaired) electrons. The first kappa shape index (κ1) is 21.1. The molecule has 0 saturated heterocycles. The van der Waals surface area contributed by atoms with Crippen molar-refractivity contribution in [3.63, 3.8) is 0 Å². The van der Waals surface area contributed by atoms with Crippen molar-refractivity contribution in [3.8, 4) is 11.3 Å². The number of carbonyl (C=O) groups is 1. The first-order chi connectivity index (χ1) is 12.6. The number of rotatable bonds is 6.